The highest BCUT2D eigenvalue weighted by atomic mass is 35.5. The SMILES string of the molecule is C#Cc1cc2cnc(Nc3ccc(C4CCNC4)cc3)nc2n(Cc2cccn2C)c1=O.CC#Cc1cc2cnc(Nc3ccc(C4=CCNCC4)cc3)nc2n(Cc2occc2CC)c1=O.CC(C)C#Cc1cc2cnc(Nc3ccc(C4CCN(C)C4)cc3)nc2n(C(C)C)c1=O.O=c1c(C#CC2CC2)cc2cnc(Nc3ccc(C4CCNCC4)cc3)nc2n1Cc1ccoc1Cl.[HH].[HH].[HH].[HH]. The van der Waals surface area contributed by atoms with Gasteiger partial charge in [0.05, 0.1) is 54.4 Å². The van der Waals surface area contributed by atoms with Gasteiger partial charge in [0, 0.05) is 137 Å². The van der Waals surface area contributed by atoms with E-state index in [1.54, 1.807) is 86.6 Å². The van der Waals surface area contributed by atoms with Gasteiger partial charge in [0.2, 0.25) is 23.8 Å². The minimum Gasteiger partial charge on any atom is -0.467 e. The molecule has 4 aliphatic heterocycles. The lowest BCUT2D eigenvalue weighted by Crippen LogP contribution is -2.26. The molecule has 692 valence electrons. The average molecular weight is 1830 g/mol. The maximum Gasteiger partial charge on any atom is 0.268 e. The van der Waals surface area contributed by atoms with Crippen LogP contribution in [0.4, 0.5) is 46.5 Å². The van der Waals surface area contributed by atoms with Crippen molar-refractivity contribution in [1.82, 2.24) is 83.6 Å². The molecule has 0 radical (unpaired) electrons. The lowest BCUT2D eigenvalue weighted by Gasteiger charge is -2.23. The van der Waals surface area contributed by atoms with Crippen LogP contribution in [0.15, 0.2) is 223 Å². The number of aryl methyl sites for hydroxylation is 2. The third kappa shape index (κ3) is 22.3. The molecule has 2 unspecified atom stereocenters. The molecule has 7 N–H and O–H groups in total. The Labute approximate surface area is 794 Å². The summed E-state index contributed by atoms with van der Waals surface area (Å²) < 4.78 is 19.4. The van der Waals surface area contributed by atoms with E-state index in [-0.39, 0.29) is 58.2 Å². The number of nitrogens with zero attached hydrogens (tertiary/aromatic N) is 14. The lowest BCUT2D eigenvalue weighted by molar-refractivity contribution is 0.411. The number of nitrogens with one attached hydrogen (secondary N) is 7. The number of terminal acetylenes is 1. The standard InChI is InChI=1S/C28H26ClN5O2.C28H27N5O2.C26H31N5O.C25H24N6O.4H2/c29-25-22(11-14-36-25)17-34-26-23(15-21(27(34)35)4-3-18-1-2-18)16-31-28(33-26)32-24-7-5-19(6-8-24)20-9-12-30-13-10-20;1-3-5-22-16-23-17-30-28(31-24-8-6-20(7-9-24)21-10-13-29-14-11-21)32-26(23)33(27(22)34)18-25-19(4-2)12-15-35-25;1-17(2)6-7-20-14-22-15-27-26(29-24(22)31(18(3)4)25(20)32)28-23-10-8-19(9-11-23)21-12-13-30(5)16-21;1-3-17-13-20-15-27-25(28-21-8-6-18(7-9-21)19-10-11-26-14-19)29-23(20)31(24(17)32)16-22-5-4-12-30(22)2;;;;/h5-8,11,14-16,18,20,30H,1-2,9-10,12-13,17H2,(H,31,32,33);6-10,12,15-17,29H,4,11,13-14,18H2,1-2H3,(H,30,31,32);8-11,14-15,17-18,21H,12-13,16H2,1-5H3,(H,27,28,29);1,4-9,12-13,15,19,26H,10-11,14,16H2,2H3,(H,27,28,29);4*1H. The maximum atomic E-state index is 13.4. The first-order chi connectivity index (χ1) is 65.7. The summed E-state index contributed by atoms with van der Waals surface area (Å²) in [6, 6.07) is 48.1. The summed E-state index contributed by atoms with van der Waals surface area (Å²) in [6.07, 6.45) is 28.5. The number of furan rings is 2. The summed E-state index contributed by atoms with van der Waals surface area (Å²) in [4.78, 5) is 91.8. The fraction of sp³-hybridized carbons (Fsp3) is 0.308. The Morgan fingerprint density at radius 3 is 1.51 bits per heavy atom. The number of halogens is 1. The molecule has 15 heterocycles. The van der Waals surface area contributed by atoms with Gasteiger partial charge < -0.3 is 55.5 Å². The summed E-state index contributed by atoms with van der Waals surface area (Å²) in [5, 5.41) is 26.5. The van der Waals surface area contributed by atoms with E-state index in [1.807, 2.05) is 88.0 Å². The Hall–Kier alpha value is -14.8. The predicted octanol–water partition coefficient (Wildman–Crippen LogP) is 18.1. The van der Waals surface area contributed by atoms with Gasteiger partial charge in [-0.3, -0.25) is 37.4 Å². The number of anilines is 8. The number of rotatable bonds is 20. The van der Waals surface area contributed by atoms with Gasteiger partial charge in [-0.25, -0.2) is 19.9 Å². The molecule has 1 aliphatic carbocycles. The van der Waals surface area contributed by atoms with Crippen molar-refractivity contribution in [2.75, 3.05) is 80.7 Å². The second-order valence-electron chi connectivity index (χ2n) is 35.2. The molecule has 5 aliphatic rings. The van der Waals surface area contributed by atoms with Gasteiger partial charge >= 0.3 is 0 Å². The number of pyridine rings is 4. The first-order valence-electron chi connectivity index (χ1n) is 46.2. The number of aromatic nitrogens is 13. The summed E-state index contributed by atoms with van der Waals surface area (Å²) in [6.45, 7) is 21.0. The van der Waals surface area contributed by atoms with Gasteiger partial charge in [0.25, 0.3) is 22.2 Å². The Morgan fingerprint density at radius 1 is 0.526 bits per heavy atom. The number of likely N-dealkylation sites (tertiary alicyclic amines) is 1. The van der Waals surface area contributed by atoms with Gasteiger partial charge in [0.15, 0.2) is 5.22 Å². The molecule has 2 atom stereocenters. The minimum absolute atomic E-state index is 0. The van der Waals surface area contributed by atoms with Crippen LogP contribution in [0.5, 0.6) is 0 Å². The van der Waals surface area contributed by atoms with E-state index in [1.165, 1.54) is 46.9 Å². The van der Waals surface area contributed by atoms with E-state index in [9.17, 15) is 19.2 Å². The highest BCUT2D eigenvalue weighted by Crippen LogP contribution is 2.34. The fourth-order valence-corrected chi connectivity index (χ4v) is 17.4. The molecular weight excluding hydrogens is 1710 g/mol. The molecule has 15 aromatic rings. The topological polar surface area (TPSA) is 310 Å². The molecule has 0 bridgehead atoms. The average Bonchev–Trinajstić information content (AvgIpc) is 1.78. The second kappa shape index (κ2) is 42.4. The van der Waals surface area contributed by atoms with Crippen LogP contribution in [0, 0.1) is 59.7 Å². The number of likely N-dealkylation sites (N-methyl/N-ethyl adjacent to an activating group) is 1. The summed E-state index contributed by atoms with van der Waals surface area (Å²) in [5.41, 5.74) is 16.1. The molecule has 1 saturated carbocycles. The lowest BCUT2D eigenvalue weighted by atomic mass is 9.90. The number of fused-ring (bicyclic) bond motifs is 4. The van der Waals surface area contributed by atoms with E-state index in [4.69, 9.17) is 36.8 Å². The Balaban J connectivity index is 0.000000155. The van der Waals surface area contributed by atoms with Crippen molar-refractivity contribution >= 4 is 108 Å². The minimum atomic E-state index is -0.236. The molecule has 0 amide bonds. The van der Waals surface area contributed by atoms with Gasteiger partial charge in [0.1, 0.15) is 28.3 Å². The maximum absolute atomic E-state index is 13.4. The molecule has 4 aromatic carbocycles. The van der Waals surface area contributed by atoms with E-state index in [0.29, 0.717) is 104 Å². The van der Waals surface area contributed by atoms with Gasteiger partial charge in [-0.2, -0.15) is 19.9 Å². The van der Waals surface area contributed by atoms with Crippen molar-refractivity contribution in [1.29, 1.82) is 0 Å². The van der Waals surface area contributed by atoms with Gasteiger partial charge in [-0.15, -0.1) is 12.3 Å². The first kappa shape index (κ1) is 92.1. The summed E-state index contributed by atoms with van der Waals surface area (Å²) in [5.74, 6) is 25.4. The number of hydrogen-bond acceptors (Lipinski definition) is 22. The van der Waals surface area contributed by atoms with Crippen molar-refractivity contribution in [3.05, 3.63) is 309 Å². The normalized spacial score (nSPS) is 15.3. The highest BCUT2D eigenvalue weighted by molar-refractivity contribution is 6.29. The summed E-state index contributed by atoms with van der Waals surface area (Å²) >= 11 is 6.19. The zero-order valence-electron chi connectivity index (χ0n) is 77.0. The molecule has 28 heteroatoms. The fourth-order valence-electron chi connectivity index (χ4n) is 17.3. The first-order valence-corrected chi connectivity index (χ1v) is 46.5. The van der Waals surface area contributed by atoms with Crippen molar-refractivity contribution in [2.24, 2.45) is 18.9 Å². The Bertz CT molecular complexity index is 7420. The van der Waals surface area contributed by atoms with Crippen molar-refractivity contribution < 1.29 is 14.5 Å². The Morgan fingerprint density at radius 2 is 1.02 bits per heavy atom. The van der Waals surface area contributed by atoms with Gasteiger partial charge in [-0.05, 0) is 272 Å². The zero-order valence-corrected chi connectivity index (χ0v) is 77.8. The van der Waals surface area contributed by atoms with Crippen LogP contribution in [-0.4, -0.2) is 127 Å². The van der Waals surface area contributed by atoms with Crippen LogP contribution in [0.3, 0.4) is 0 Å². The molecule has 4 fully saturated rings. The smallest absolute Gasteiger partial charge is 0.268 e. The van der Waals surface area contributed by atoms with Gasteiger partial charge in [-0.1, -0.05) is 111 Å². The van der Waals surface area contributed by atoms with E-state index >= 15 is 0 Å². The number of benzene rings is 4. The second-order valence-corrected chi connectivity index (χ2v) is 35.5. The molecule has 135 heavy (non-hydrogen) atoms. The van der Waals surface area contributed by atoms with Crippen LogP contribution in [0.25, 0.3) is 49.7 Å². The predicted molar refractivity (Wildman–Crippen MR) is 545 cm³/mol. The van der Waals surface area contributed by atoms with Crippen molar-refractivity contribution in [2.45, 2.75) is 136 Å². The summed E-state index contributed by atoms with van der Waals surface area (Å²) in [7, 11) is 4.12. The van der Waals surface area contributed by atoms with E-state index in [0.717, 1.165) is 152 Å². The quantitative estimate of drug-likeness (QED) is 0.0349. The van der Waals surface area contributed by atoms with Crippen molar-refractivity contribution in [3.8, 4) is 47.9 Å². The third-order valence-electron chi connectivity index (χ3n) is 24.9. The molecule has 27 nitrogen and oxygen atoms in total. The Kier molecular flexibility index (Phi) is 28.9. The van der Waals surface area contributed by atoms with Crippen LogP contribution in [0.1, 0.15) is 183 Å². The van der Waals surface area contributed by atoms with Crippen LogP contribution >= 0.6 is 11.6 Å². The van der Waals surface area contributed by atoms with E-state index < -0.39 is 0 Å². The highest BCUT2D eigenvalue weighted by Gasteiger charge is 2.26. The molecule has 20 rings (SSSR count). The molecular formula is C107H116ClN21O6. The number of piperidine rings is 1. The van der Waals surface area contributed by atoms with Crippen LogP contribution in [0.2, 0.25) is 5.22 Å². The van der Waals surface area contributed by atoms with Crippen molar-refractivity contribution in [3.63, 3.8) is 0 Å². The largest absolute Gasteiger partial charge is 0.467 e. The molecule has 3 saturated heterocycles. The van der Waals surface area contributed by atoms with Crippen LogP contribution < -0.4 is 59.5 Å². The molecule has 11 aromatic heterocycles. The van der Waals surface area contributed by atoms with E-state index in [2.05, 4.69) is 206 Å². The zero-order chi connectivity index (χ0) is 93.6. The number of hydrogen-bond donors (Lipinski definition) is 7. The monoisotopic (exact) mass is 1830 g/mol. The third-order valence-corrected chi connectivity index (χ3v) is 25.2. The van der Waals surface area contributed by atoms with Crippen LogP contribution in [-0.2, 0) is 33.1 Å². The molecule has 0 spiro atoms.